The number of piperidine rings is 1. The fraction of sp³-hybridized carbons (Fsp3) is 0.594. The van der Waals surface area contributed by atoms with Gasteiger partial charge in [0.25, 0.3) is 0 Å². The number of hydrogen-bond donors (Lipinski definition) is 0. The molecular formula is C32H44FN3O2. The first kappa shape index (κ1) is 27.0. The van der Waals surface area contributed by atoms with Crippen molar-refractivity contribution in [2.24, 2.45) is 11.3 Å². The summed E-state index contributed by atoms with van der Waals surface area (Å²) >= 11 is 0. The molecule has 2 aromatic rings. The van der Waals surface area contributed by atoms with Crippen molar-refractivity contribution in [1.29, 1.82) is 0 Å². The second kappa shape index (κ2) is 12.5. The molecule has 0 unspecified atom stereocenters. The number of amides is 1. The average molecular weight is 522 g/mol. The maximum Gasteiger partial charge on any atom is 0.224 e. The van der Waals surface area contributed by atoms with Crippen LogP contribution in [-0.2, 0) is 11.2 Å². The van der Waals surface area contributed by atoms with Crippen molar-refractivity contribution < 1.29 is 13.9 Å². The number of anilines is 1. The summed E-state index contributed by atoms with van der Waals surface area (Å²) in [6.07, 6.45) is 10.1. The average Bonchev–Trinajstić information content (AvgIpc) is 3.74. The molecule has 206 valence electrons. The van der Waals surface area contributed by atoms with E-state index in [0.717, 1.165) is 69.4 Å². The number of aryl methyl sites for hydroxylation is 1. The number of fused-ring (bicyclic) bond motifs is 1. The molecule has 1 aliphatic carbocycles. The zero-order valence-electron chi connectivity index (χ0n) is 23.0. The molecular weight excluding hydrogens is 477 g/mol. The summed E-state index contributed by atoms with van der Waals surface area (Å²) in [5.41, 5.74) is 2.56. The van der Waals surface area contributed by atoms with Gasteiger partial charge in [0.15, 0.2) is 0 Å². The normalized spacial score (nSPS) is 20.6. The molecule has 38 heavy (non-hydrogen) atoms. The predicted molar refractivity (Wildman–Crippen MR) is 151 cm³/mol. The molecule has 0 radical (unpaired) electrons. The minimum atomic E-state index is -0.236. The number of carbonyl (C=O) groups is 1. The Bertz CT molecular complexity index is 1050. The van der Waals surface area contributed by atoms with E-state index in [9.17, 15) is 9.18 Å². The quantitative estimate of drug-likeness (QED) is 0.483. The van der Waals surface area contributed by atoms with Gasteiger partial charge in [0.05, 0.1) is 0 Å². The number of nitrogens with zero attached hydrogens (tertiary/aromatic N) is 3. The maximum absolute atomic E-state index is 13.2. The first-order chi connectivity index (χ1) is 18.5. The zero-order valence-corrected chi connectivity index (χ0v) is 23.0. The van der Waals surface area contributed by atoms with Crippen LogP contribution in [0.15, 0.2) is 48.5 Å². The number of para-hydroxylation sites is 1. The predicted octanol–water partition coefficient (Wildman–Crippen LogP) is 5.78. The number of rotatable bonds is 6. The van der Waals surface area contributed by atoms with Crippen LogP contribution in [-0.4, -0.2) is 68.6 Å². The fourth-order valence-electron chi connectivity index (χ4n) is 6.29. The first-order valence-electron chi connectivity index (χ1n) is 14.7. The molecule has 0 atom stereocenters. The van der Waals surface area contributed by atoms with Crippen molar-refractivity contribution in [3.63, 3.8) is 0 Å². The Labute approximate surface area is 227 Å². The van der Waals surface area contributed by atoms with Gasteiger partial charge in [0, 0.05) is 58.4 Å². The van der Waals surface area contributed by atoms with Crippen LogP contribution < -0.4 is 9.64 Å². The van der Waals surface area contributed by atoms with E-state index in [4.69, 9.17) is 4.74 Å². The van der Waals surface area contributed by atoms with Crippen molar-refractivity contribution in [2.45, 2.75) is 57.8 Å². The van der Waals surface area contributed by atoms with Gasteiger partial charge in [-0.2, -0.15) is 0 Å². The topological polar surface area (TPSA) is 36.0 Å². The largest absolute Gasteiger partial charge is 0.492 e. The SMILES string of the molecule is CN(CCC(=O)N1CCC2(CCCCc3ccccc3OCCN(CC3CC3)C2)CC1)c1ccc(F)cc1. The molecule has 1 amide bonds. The highest BCUT2D eigenvalue weighted by Gasteiger charge is 2.38. The Balaban J connectivity index is 1.18. The smallest absolute Gasteiger partial charge is 0.224 e. The van der Waals surface area contributed by atoms with Crippen molar-refractivity contribution in [2.75, 3.05) is 57.8 Å². The molecule has 1 saturated heterocycles. The highest BCUT2D eigenvalue weighted by Crippen LogP contribution is 2.40. The Morgan fingerprint density at radius 2 is 1.79 bits per heavy atom. The van der Waals surface area contributed by atoms with Gasteiger partial charge < -0.3 is 14.5 Å². The van der Waals surface area contributed by atoms with Crippen LogP contribution in [0.2, 0.25) is 0 Å². The summed E-state index contributed by atoms with van der Waals surface area (Å²) in [7, 11) is 1.97. The Kier molecular flexibility index (Phi) is 8.88. The van der Waals surface area contributed by atoms with E-state index in [2.05, 4.69) is 34.1 Å². The molecule has 2 aromatic carbocycles. The summed E-state index contributed by atoms with van der Waals surface area (Å²) in [4.78, 5) is 19.9. The van der Waals surface area contributed by atoms with E-state index < -0.39 is 0 Å². The fourth-order valence-corrected chi connectivity index (χ4v) is 6.29. The number of benzene rings is 2. The molecule has 0 aromatic heterocycles. The van der Waals surface area contributed by atoms with E-state index in [1.807, 2.05) is 11.9 Å². The molecule has 2 fully saturated rings. The molecule has 1 spiro atoms. The Hall–Kier alpha value is -2.60. The van der Waals surface area contributed by atoms with E-state index >= 15 is 0 Å². The van der Waals surface area contributed by atoms with Crippen molar-refractivity contribution >= 4 is 11.6 Å². The number of ether oxygens (including phenoxy) is 1. The maximum atomic E-state index is 13.2. The van der Waals surface area contributed by atoms with Crippen LogP contribution in [0.3, 0.4) is 0 Å². The third kappa shape index (κ3) is 7.28. The van der Waals surface area contributed by atoms with Crippen LogP contribution >= 0.6 is 0 Å². The highest BCUT2D eigenvalue weighted by molar-refractivity contribution is 5.77. The Morgan fingerprint density at radius 3 is 2.55 bits per heavy atom. The molecule has 5 rings (SSSR count). The first-order valence-corrected chi connectivity index (χ1v) is 14.7. The third-order valence-electron chi connectivity index (χ3n) is 8.92. The standard InChI is InChI=1S/C32H44FN3O2/c1-34(29-13-11-28(33)12-14-29)19-15-31(37)36-20-17-32(18-21-36)16-5-4-7-27-6-2-3-8-30(27)38-23-22-35(25-32)24-26-9-10-26/h2-3,6,8,11-14,26H,4-5,7,9-10,15-25H2,1H3. The number of likely N-dealkylation sites (tertiary alicyclic amines) is 1. The van der Waals surface area contributed by atoms with Crippen molar-refractivity contribution in [1.82, 2.24) is 9.80 Å². The van der Waals surface area contributed by atoms with E-state index in [-0.39, 0.29) is 17.1 Å². The Morgan fingerprint density at radius 1 is 1.03 bits per heavy atom. The van der Waals surface area contributed by atoms with Crippen LogP contribution in [0.4, 0.5) is 10.1 Å². The second-order valence-corrected chi connectivity index (χ2v) is 11.9. The van der Waals surface area contributed by atoms with Gasteiger partial charge in [-0.25, -0.2) is 4.39 Å². The van der Waals surface area contributed by atoms with Crippen LogP contribution in [0.25, 0.3) is 0 Å². The minimum absolute atomic E-state index is 0.236. The van der Waals surface area contributed by atoms with Crippen molar-refractivity contribution in [3.05, 3.63) is 59.9 Å². The monoisotopic (exact) mass is 521 g/mol. The minimum Gasteiger partial charge on any atom is -0.492 e. The molecule has 1 saturated carbocycles. The summed E-state index contributed by atoms with van der Waals surface area (Å²) in [5, 5.41) is 0. The molecule has 0 bridgehead atoms. The third-order valence-corrected chi connectivity index (χ3v) is 8.92. The van der Waals surface area contributed by atoms with E-state index in [0.29, 0.717) is 13.0 Å². The molecule has 5 nitrogen and oxygen atoms in total. The molecule has 3 aliphatic rings. The zero-order chi connectivity index (χ0) is 26.4. The van der Waals surface area contributed by atoms with Gasteiger partial charge in [-0.15, -0.1) is 0 Å². The lowest BCUT2D eigenvalue weighted by atomic mass is 9.73. The summed E-state index contributed by atoms with van der Waals surface area (Å²) < 4.78 is 19.5. The van der Waals surface area contributed by atoms with Gasteiger partial charge in [0.2, 0.25) is 5.91 Å². The van der Waals surface area contributed by atoms with Crippen LogP contribution in [0.1, 0.15) is 56.9 Å². The lowest BCUT2D eigenvalue weighted by molar-refractivity contribution is -0.133. The molecule has 0 N–H and O–H groups in total. The number of carbonyl (C=O) groups excluding carboxylic acids is 1. The molecule has 2 aliphatic heterocycles. The molecule has 6 heteroatoms. The lowest BCUT2D eigenvalue weighted by Crippen LogP contribution is -2.49. The van der Waals surface area contributed by atoms with Crippen LogP contribution in [0, 0.1) is 17.2 Å². The number of halogens is 1. The summed E-state index contributed by atoms with van der Waals surface area (Å²) in [6, 6.07) is 15.0. The van der Waals surface area contributed by atoms with Gasteiger partial charge in [-0.3, -0.25) is 9.69 Å². The number of hydrogen-bond acceptors (Lipinski definition) is 4. The molecule has 2 heterocycles. The highest BCUT2D eigenvalue weighted by atomic mass is 19.1. The lowest BCUT2D eigenvalue weighted by Gasteiger charge is -2.45. The second-order valence-electron chi connectivity index (χ2n) is 11.9. The van der Waals surface area contributed by atoms with Gasteiger partial charge in [-0.1, -0.05) is 24.6 Å². The van der Waals surface area contributed by atoms with Gasteiger partial charge in [-0.05, 0) is 92.2 Å². The van der Waals surface area contributed by atoms with Gasteiger partial charge >= 0.3 is 0 Å². The summed E-state index contributed by atoms with van der Waals surface area (Å²) in [6.45, 7) is 6.39. The van der Waals surface area contributed by atoms with Crippen LogP contribution in [0.5, 0.6) is 5.75 Å². The van der Waals surface area contributed by atoms with E-state index in [1.54, 1.807) is 12.1 Å². The van der Waals surface area contributed by atoms with Gasteiger partial charge in [0.1, 0.15) is 18.2 Å². The van der Waals surface area contributed by atoms with E-state index in [1.165, 1.54) is 56.3 Å². The van der Waals surface area contributed by atoms with Crippen molar-refractivity contribution in [3.8, 4) is 5.75 Å². The summed E-state index contributed by atoms with van der Waals surface area (Å²) in [5.74, 6) is 1.92.